The molecule has 0 unspecified atom stereocenters. The van der Waals surface area contributed by atoms with Gasteiger partial charge >= 0.3 is 0 Å². The molecule has 170 valence electrons. The molecule has 0 fully saturated rings. The molecule has 3 nitrogen and oxygen atoms in total. The van der Waals surface area contributed by atoms with Crippen LogP contribution in [0.5, 0.6) is 0 Å². The molecule has 0 radical (unpaired) electrons. The van der Waals surface area contributed by atoms with Crippen molar-refractivity contribution in [2.24, 2.45) is 0 Å². The minimum Gasteiger partial charge on any atom is -0.341 e. The van der Waals surface area contributed by atoms with Gasteiger partial charge in [0.15, 0.2) is 0 Å². The first-order valence-corrected chi connectivity index (χ1v) is 12.7. The number of anilines is 2. The summed E-state index contributed by atoms with van der Waals surface area (Å²) in [6.07, 6.45) is 0.906. The fourth-order valence-electron chi connectivity index (χ4n) is 5.01. The summed E-state index contributed by atoms with van der Waals surface area (Å²) in [6, 6.07) is 27.4. The average molecular weight is 473 g/mol. The summed E-state index contributed by atoms with van der Waals surface area (Å²) in [4.78, 5) is 15.9. The molecule has 4 aromatic carbocycles. The lowest BCUT2D eigenvalue weighted by Gasteiger charge is -2.32. The van der Waals surface area contributed by atoms with Gasteiger partial charge < -0.3 is 9.47 Å². The first-order valence-electron chi connectivity index (χ1n) is 11.9. The Morgan fingerprint density at radius 2 is 1.43 bits per heavy atom. The van der Waals surface area contributed by atoms with Crippen LogP contribution in [-0.4, -0.2) is 17.4 Å². The number of aryl methyl sites for hydroxylation is 1. The van der Waals surface area contributed by atoms with E-state index in [1.807, 2.05) is 18.2 Å². The molecule has 0 amide bonds. The third-order valence-corrected chi connectivity index (χ3v) is 7.73. The highest BCUT2D eigenvalue weighted by atomic mass is 32.2. The quantitative estimate of drug-likeness (QED) is 0.199. The monoisotopic (exact) mass is 472 g/mol. The molecule has 1 aromatic heterocycles. The summed E-state index contributed by atoms with van der Waals surface area (Å²) in [5.41, 5.74) is 7.54. The van der Waals surface area contributed by atoms with Crippen LogP contribution >= 0.6 is 11.8 Å². The molecule has 0 aliphatic carbocycles. The van der Waals surface area contributed by atoms with Crippen molar-refractivity contribution in [3.63, 3.8) is 0 Å². The first kappa shape index (κ1) is 21.6. The highest BCUT2D eigenvalue weighted by Gasteiger charge is 2.22. The van der Waals surface area contributed by atoms with Crippen molar-refractivity contribution in [2.75, 3.05) is 11.4 Å². The molecule has 2 heterocycles. The van der Waals surface area contributed by atoms with Crippen molar-refractivity contribution in [2.45, 2.75) is 30.2 Å². The molecular formula is C31H24N2OS. The Balaban J connectivity index is 1.38. The zero-order chi connectivity index (χ0) is 23.9. The van der Waals surface area contributed by atoms with Crippen LogP contribution in [0.4, 0.5) is 11.4 Å². The Morgan fingerprint density at radius 3 is 2.20 bits per heavy atom. The number of carbonyl (C=O) groups excluding carboxylic acids is 1. The van der Waals surface area contributed by atoms with Gasteiger partial charge in [-0.2, -0.15) is 0 Å². The van der Waals surface area contributed by atoms with Crippen LogP contribution in [0.1, 0.15) is 35.3 Å². The Hall–Kier alpha value is -3.94. The normalized spacial score (nSPS) is 12.2. The lowest BCUT2D eigenvalue weighted by atomic mass is 10.1. The van der Waals surface area contributed by atoms with Gasteiger partial charge in [-0.1, -0.05) is 41.8 Å². The third kappa shape index (κ3) is 3.60. The number of hydrogen-bond acceptors (Lipinski definition) is 3. The zero-order valence-electron chi connectivity index (χ0n) is 19.7. The maximum Gasteiger partial charge on any atom is 0.150 e. The minimum absolute atomic E-state index is 0.700. The van der Waals surface area contributed by atoms with Crippen LogP contribution in [0, 0.1) is 11.8 Å². The van der Waals surface area contributed by atoms with Crippen LogP contribution in [0.2, 0.25) is 0 Å². The van der Waals surface area contributed by atoms with Crippen molar-refractivity contribution in [3.8, 4) is 11.8 Å². The summed E-state index contributed by atoms with van der Waals surface area (Å²) < 4.78 is 2.36. The Bertz CT molecular complexity index is 1690. The van der Waals surface area contributed by atoms with Crippen LogP contribution < -0.4 is 4.90 Å². The molecule has 4 heteroatoms. The van der Waals surface area contributed by atoms with Gasteiger partial charge in [-0.25, -0.2) is 0 Å². The molecule has 0 bridgehead atoms. The van der Waals surface area contributed by atoms with E-state index < -0.39 is 0 Å². The molecule has 0 saturated carbocycles. The maximum atomic E-state index is 11.3. The molecule has 1 aliphatic heterocycles. The van der Waals surface area contributed by atoms with E-state index in [0.29, 0.717) is 5.56 Å². The fourth-order valence-corrected chi connectivity index (χ4v) is 6.19. The zero-order valence-corrected chi connectivity index (χ0v) is 20.5. The summed E-state index contributed by atoms with van der Waals surface area (Å²) in [5.74, 6) is 6.77. The van der Waals surface area contributed by atoms with Crippen molar-refractivity contribution in [1.29, 1.82) is 0 Å². The van der Waals surface area contributed by atoms with Crippen molar-refractivity contribution in [1.82, 2.24) is 4.57 Å². The van der Waals surface area contributed by atoms with E-state index in [-0.39, 0.29) is 0 Å². The second kappa shape index (κ2) is 8.69. The third-order valence-electron chi connectivity index (χ3n) is 6.64. The standard InChI is InChI=1S/C31H24N2OS/c1-3-32-26-8-6-5-7-24(26)25-17-21(11-14-27(25)32)9-10-22-12-15-28-30(18-22)35-31-19-23(20-34)13-16-29(31)33(28)4-2/h5-8,11-20H,3-4H2,1-2H3. The fraction of sp³-hybridized carbons (Fsp3) is 0.129. The second-order valence-electron chi connectivity index (χ2n) is 8.62. The summed E-state index contributed by atoms with van der Waals surface area (Å²) >= 11 is 1.70. The Kier molecular flexibility index (Phi) is 5.36. The van der Waals surface area contributed by atoms with Gasteiger partial charge in [0.1, 0.15) is 6.29 Å². The summed E-state index contributed by atoms with van der Waals surface area (Å²) in [5, 5.41) is 2.52. The Labute approximate surface area is 209 Å². The van der Waals surface area contributed by atoms with Crippen LogP contribution in [0.15, 0.2) is 88.7 Å². The Morgan fingerprint density at radius 1 is 0.743 bits per heavy atom. The number of fused-ring (bicyclic) bond motifs is 5. The van der Waals surface area contributed by atoms with Crippen LogP contribution in [0.25, 0.3) is 21.8 Å². The molecule has 0 saturated heterocycles. The van der Waals surface area contributed by atoms with E-state index in [1.54, 1.807) is 11.8 Å². The molecular weight excluding hydrogens is 448 g/mol. The van der Waals surface area contributed by atoms with Gasteiger partial charge in [0.05, 0.1) is 11.4 Å². The molecule has 1 aliphatic rings. The van der Waals surface area contributed by atoms with Gasteiger partial charge in [-0.15, -0.1) is 0 Å². The number of rotatable bonds is 3. The van der Waals surface area contributed by atoms with Gasteiger partial charge in [0.2, 0.25) is 0 Å². The molecule has 0 N–H and O–H groups in total. The van der Waals surface area contributed by atoms with E-state index in [9.17, 15) is 4.79 Å². The number of carbonyl (C=O) groups is 1. The lowest BCUT2D eigenvalue weighted by Crippen LogP contribution is -2.20. The highest BCUT2D eigenvalue weighted by molar-refractivity contribution is 7.99. The number of hydrogen-bond donors (Lipinski definition) is 0. The largest absolute Gasteiger partial charge is 0.341 e. The smallest absolute Gasteiger partial charge is 0.150 e. The predicted molar refractivity (Wildman–Crippen MR) is 146 cm³/mol. The van der Waals surface area contributed by atoms with Gasteiger partial charge in [-0.3, -0.25) is 4.79 Å². The molecule has 0 atom stereocenters. The van der Waals surface area contributed by atoms with Gasteiger partial charge in [-0.05, 0) is 74.5 Å². The number of aromatic nitrogens is 1. The lowest BCUT2D eigenvalue weighted by molar-refractivity contribution is 0.112. The topological polar surface area (TPSA) is 25.2 Å². The summed E-state index contributed by atoms with van der Waals surface area (Å²) in [6.45, 7) is 6.13. The van der Waals surface area contributed by atoms with Crippen molar-refractivity contribution >= 4 is 51.2 Å². The van der Waals surface area contributed by atoms with Crippen molar-refractivity contribution < 1.29 is 4.79 Å². The highest BCUT2D eigenvalue weighted by Crippen LogP contribution is 2.48. The minimum atomic E-state index is 0.700. The van der Waals surface area contributed by atoms with E-state index in [1.165, 1.54) is 27.5 Å². The van der Waals surface area contributed by atoms with E-state index >= 15 is 0 Å². The van der Waals surface area contributed by atoms with Crippen LogP contribution in [-0.2, 0) is 6.54 Å². The van der Waals surface area contributed by atoms with E-state index in [0.717, 1.165) is 46.0 Å². The maximum absolute atomic E-state index is 11.3. The molecule has 6 rings (SSSR count). The molecule has 35 heavy (non-hydrogen) atoms. The predicted octanol–water partition coefficient (Wildman–Crippen LogP) is 7.65. The second-order valence-corrected chi connectivity index (χ2v) is 9.70. The molecule has 0 spiro atoms. The SMILES string of the molecule is CCN1c2ccc(C#Cc3ccc4c(c3)c3ccccc3n4CC)cc2Sc2cc(C=O)ccc21. The van der Waals surface area contributed by atoms with E-state index in [4.69, 9.17) is 0 Å². The van der Waals surface area contributed by atoms with E-state index in [2.05, 4.69) is 95.8 Å². The van der Waals surface area contributed by atoms with Crippen LogP contribution in [0.3, 0.4) is 0 Å². The number of benzene rings is 4. The number of nitrogens with zero attached hydrogens (tertiary/aromatic N) is 2. The average Bonchev–Trinajstić information content (AvgIpc) is 3.23. The summed E-state index contributed by atoms with van der Waals surface area (Å²) in [7, 11) is 0. The van der Waals surface area contributed by atoms with Crippen molar-refractivity contribution in [3.05, 3.63) is 95.6 Å². The first-order chi connectivity index (χ1) is 17.2. The van der Waals surface area contributed by atoms with Gasteiger partial charge in [0, 0.05) is 61.4 Å². The number of para-hydroxylation sites is 1. The number of aldehydes is 1. The van der Waals surface area contributed by atoms with Gasteiger partial charge in [0.25, 0.3) is 0 Å². The molecule has 5 aromatic rings.